The van der Waals surface area contributed by atoms with Gasteiger partial charge in [0.15, 0.2) is 10.9 Å². The Morgan fingerprint density at radius 2 is 1.95 bits per heavy atom. The lowest BCUT2D eigenvalue weighted by molar-refractivity contribution is 0.107. The van der Waals surface area contributed by atoms with E-state index in [9.17, 15) is 8.78 Å². The van der Waals surface area contributed by atoms with E-state index in [4.69, 9.17) is 15.5 Å². The Kier molecular flexibility index (Phi) is 6.32. The predicted octanol–water partition coefficient (Wildman–Crippen LogP) is 5.31. The summed E-state index contributed by atoms with van der Waals surface area (Å²) in [6, 6.07) is 5.37. The molecule has 0 radical (unpaired) electrons. The van der Waals surface area contributed by atoms with E-state index in [2.05, 4.69) is 31.7 Å². The summed E-state index contributed by atoms with van der Waals surface area (Å²) in [4.78, 5) is 18.2. The highest BCUT2D eigenvalue weighted by atomic mass is 32.1. The number of ether oxygens (including phenoxy) is 1. The summed E-state index contributed by atoms with van der Waals surface area (Å²) in [6.45, 7) is 6.91. The molecule has 4 aliphatic heterocycles. The van der Waals surface area contributed by atoms with Gasteiger partial charge in [-0.05, 0) is 56.0 Å². The molecule has 0 aliphatic carbocycles. The quantitative estimate of drug-likeness (QED) is 0.305. The fraction of sp³-hybridized carbons (Fsp3) is 0.452. The van der Waals surface area contributed by atoms with Crippen LogP contribution in [0.25, 0.3) is 38.3 Å². The van der Waals surface area contributed by atoms with E-state index in [-0.39, 0.29) is 39.0 Å². The molecule has 43 heavy (non-hydrogen) atoms. The number of alkyl halides is 1. The molecule has 4 aliphatic rings. The first kappa shape index (κ1) is 27.1. The molecule has 3 N–H and O–H groups in total. The third-order valence-corrected chi connectivity index (χ3v) is 10.6. The van der Waals surface area contributed by atoms with Gasteiger partial charge in [-0.1, -0.05) is 24.0 Å². The highest BCUT2D eigenvalue weighted by Crippen LogP contribution is 2.43. The number of nitrogens with zero attached hydrogens (tertiary/aromatic N) is 5. The Morgan fingerprint density at radius 3 is 2.74 bits per heavy atom. The summed E-state index contributed by atoms with van der Waals surface area (Å²) in [5.74, 6) is -0.459. The average Bonchev–Trinajstić information content (AvgIpc) is 3.74. The Bertz CT molecular complexity index is 1770. The van der Waals surface area contributed by atoms with Gasteiger partial charge in [-0.2, -0.15) is 9.97 Å². The van der Waals surface area contributed by atoms with Crippen molar-refractivity contribution >= 4 is 49.5 Å². The van der Waals surface area contributed by atoms with Gasteiger partial charge in [-0.3, -0.25) is 4.90 Å². The van der Waals surface area contributed by atoms with Gasteiger partial charge in [0.2, 0.25) is 0 Å². The molecule has 2 aromatic carbocycles. The maximum atomic E-state index is 16.9. The number of nitrogens with two attached hydrogens (primary N) is 1. The molecular weight excluding hydrogens is 575 g/mol. The summed E-state index contributed by atoms with van der Waals surface area (Å²) in [5, 5.41) is 4.38. The molecule has 0 amide bonds. The van der Waals surface area contributed by atoms with Crippen LogP contribution in [0.5, 0.6) is 6.01 Å². The van der Waals surface area contributed by atoms with Crippen LogP contribution in [0.3, 0.4) is 0 Å². The minimum atomic E-state index is -0.891. The highest BCUT2D eigenvalue weighted by molar-refractivity contribution is 7.22. The number of rotatable bonds is 6. The molecule has 2 aromatic heterocycles. The Labute approximate surface area is 250 Å². The van der Waals surface area contributed by atoms with Crippen LogP contribution in [0.2, 0.25) is 0 Å². The first-order valence-electron chi connectivity index (χ1n) is 14.9. The zero-order valence-corrected chi connectivity index (χ0v) is 24.4. The summed E-state index contributed by atoms with van der Waals surface area (Å²) in [6.07, 6.45) is 5.08. The highest BCUT2D eigenvalue weighted by Gasteiger charge is 2.49. The van der Waals surface area contributed by atoms with Gasteiger partial charge in [0, 0.05) is 54.7 Å². The molecule has 8 nitrogen and oxygen atoms in total. The van der Waals surface area contributed by atoms with Crippen LogP contribution in [-0.2, 0) is 0 Å². The molecule has 4 saturated heterocycles. The number of anilines is 2. The van der Waals surface area contributed by atoms with E-state index in [0.29, 0.717) is 47.4 Å². The van der Waals surface area contributed by atoms with Crippen LogP contribution >= 0.6 is 11.3 Å². The Hall–Kier alpha value is -3.48. The number of aromatic nitrogens is 3. The smallest absolute Gasteiger partial charge is 0.319 e. The lowest BCUT2D eigenvalue weighted by Gasteiger charge is -2.35. The maximum Gasteiger partial charge on any atom is 0.319 e. The van der Waals surface area contributed by atoms with Gasteiger partial charge < -0.3 is 20.7 Å². The second-order valence-electron chi connectivity index (χ2n) is 12.3. The van der Waals surface area contributed by atoms with Crippen LogP contribution in [0.15, 0.2) is 24.8 Å². The lowest BCUT2D eigenvalue weighted by atomic mass is 9.95. The van der Waals surface area contributed by atoms with Crippen molar-refractivity contribution in [3.05, 3.63) is 42.0 Å². The first-order valence-corrected chi connectivity index (χ1v) is 15.7. The van der Waals surface area contributed by atoms with Gasteiger partial charge >= 0.3 is 6.01 Å². The molecule has 2 unspecified atom stereocenters. The van der Waals surface area contributed by atoms with E-state index < -0.39 is 23.3 Å². The van der Waals surface area contributed by atoms with Crippen LogP contribution in [-0.4, -0.2) is 76.4 Å². The van der Waals surface area contributed by atoms with Crippen molar-refractivity contribution in [2.75, 3.05) is 43.4 Å². The number of piperazine rings is 1. The molecule has 4 atom stereocenters. The fourth-order valence-electron chi connectivity index (χ4n) is 7.76. The molecule has 8 rings (SSSR count). The Morgan fingerprint density at radius 1 is 1.14 bits per heavy atom. The largest absolute Gasteiger partial charge is 0.461 e. The van der Waals surface area contributed by atoms with Gasteiger partial charge in [-0.25, -0.2) is 18.2 Å². The van der Waals surface area contributed by atoms with Crippen molar-refractivity contribution in [2.45, 2.75) is 55.9 Å². The number of halogens is 3. The second kappa shape index (κ2) is 10.0. The molecule has 224 valence electrons. The van der Waals surface area contributed by atoms with E-state index >= 15 is 4.39 Å². The molecular formula is C31H32F3N7OS. The normalized spacial score (nSPS) is 27.0. The number of benzene rings is 2. The number of nitrogen functional groups attached to an aromatic ring is 1. The molecule has 2 bridgehead atoms. The molecule has 0 spiro atoms. The molecule has 12 heteroatoms. The maximum absolute atomic E-state index is 16.9. The molecule has 6 heterocycles. The third kappa shape index (κ3) is 4.36. The van der Waals surface area contributed by atoms with Crippen LogP contribution in [0.4, 0.5) is 24.1 Å². The minimum Gasteiger partial charge on any atom is -0.461 e. The summed E-state index contributed by atoms with van der Waals surface area (Å²) < 4.78 is 52.5. The van der Waals surface area contributed by atoms with E-state index in [1.54, 1.807) is 6.08 Å². The van der Waals surface area contributed by atoms with Gasteiger partial charge in [-0.15, -0.1) is 0 Å². The molecule has 4 fully saturated rings. The lowest BCUT2D eigenvalue weighted by Crippen LogP contribution is -2.51. The van der Waals surface area contributed by atoms with Crippen molar-refractivity contribution in [3.8, 4) is 17.1 Å². The number of thiazole rings is 1. The van der Waals surface area contributed by atoms with E-state index in [1.807, 2.05) is 6.07 Å². The van der Waals surface area contributed by atoms with Crippen molar-refractivity contribution in [1.29, 1.82) is 0 Å². The number of hydrogen-bond acceptors (Lipinski definition) is 9. The van der Waals surface area contributed by atoms with E-state index in [0.717, 1.165) is 56.7 Å². The monoisotopic (exact) mass is 607 g/mol. The van der Waals surface area contributed by atoms with Crippen molar-refractivity contribution in [3.63, 3.8) is 0 Å². The van der Waals surface area contributed by atoms with Crippen molar-refractivity contribution < 1.29 is 17.9 Å². The van der Waals surface area contributed by atoms with Gasteiger partial charge in [0.1, 0.15) is 29.9 Å². The molecule has 4 aromatic rings. The number of hydrogen-bond donors (Lipinski definition) is 2. The fourth-order valence-corrected chi connectivity index (χ4v) is 8.53. The van der Waals surface area contributed by atoms with Crippen molar-refractivity contribution in [1.82, 2.24) is 25.2 Å². The third-order valence-electron chi connectivity index (χ3n) is 9.67. The summed E-state index contributed by atoms with van der Waals surface area (Å²) >= 11 is 1.02. The SMILES string of the molecule is C=Cc1cc2c(N3CC4CCC(C3)N4)nc(OC[C@@]34CCCN3C[C@H](F)C4)nc2c(F)c1-c1ccc(F)c2sc(N)nc12. The van der Waals surface area contributed by atoms with Crippen LogP contribution in [0, 0.1) is 11.6 Å². The van der Waals surface area contributed by atoms with Gasteiger partial charge in [0.25, 0.3) is 0 Å². The summed E-state index contributed by atoms with van der Waals surface area (Å²) in [7, 11) is 0. The molecule has 0 saturated carbocycles. The first-order chi connectivity index (χ1) is 20.8. The van der Waals surface area contributed by atoms with Crippen LogP contribution < -0.4 is 20.7 Å². The second-order valence-corrected chi connectivity index (χ2v) is 13.3. The Balaban J connectivity index is 1.29. The minimum absolute atomic E-state index is 0.0651. The average molecular weight is 608 g/mol. The van der Waals surface area contributed by atoms with Crippen LogP contribution in [0.1, 0.15) is 37.7 Å². The topological polar surface area (TPSA) is 92.4 Å². The predicted molar refractivity (Wildman–Crippen MR) is 163 cm³/mol. The van der Waals surface area contributed by atoms with Gasteiger partial charge in [0.05, 0.1) is 15.8 Å². The standard InChI is InChI=1S/C31H32F3N7OS/c1-2-16-10-21-25(24(34)23(16)20-6-7-22(33)27-26(20)37-29(35)43-27)38-30(39-28(21)40-13-18-4-5-19(14-40)36-18)42-15-31-8-3-9-41(31)12-17(32)11-31/h2,6-7,10,17-19,36H,1,3-5,8-9,11-15H2,(H2,35,37)/t17-,18?,19?,31+/m1/s1. The summed E-state index contributed by atoms with van der Waals surface area (Å²) in [5.41, 5.74) is 7.06. The van der Waals surface area contributed by atoms with E-state index in [1.165, 1.54) is 12.1 Å². The van der Waals surface area contributed by atoms with Crippen molar-refractivity contribution in [2.24, 2.45) is 0 Å². The zero-order valence-electron chi connectivity index (χ0n) is 23.6. The number of nitrogens with one attached hydrogen (secondary N) is 1. The number of fused-ring (bicyclic) bond motifs is 5. The zero-order chi connectivity index (χ0) is 29.5.